The molecule has 5 heteroatoms. The van der Waals surface area contributed by atoms with E-state index in [1.165, 1.54) is 6.42 Å². The second-order valence-corrected chi connectivity index (χ2v) is 5.43. The van der Waals surface area contributed by atoms with Gasteiger partial charge in [0.1, 0.15) is 12.4 Å². The maximum absolute atomic E-state index is 10.5. The van der Waals surface area contributed by atoms with Gasteiger partial charge >= 0.3 is 0 Å². The quantitative estimate of drug-likeness (QED) is 0.874. The Morgan fingerprint density at radius 1 is 0.952 bits per heavy atom. The molecule has 5 nitrogen and oxygen atoms in total. The molecular formula is C16H24O5. The van der Waals surface area contributed by atoms with Crippen LogP contribution in [-0.2, 0) is 0 Å². The van der Waals surface area contributed by atoms with Gasteiger partial charge in [0.2, 0.25) is 5.75 Å². The molecule has 0 spiro atoms. The molecule has 0 aromatic heterocycles. The molecule has 1 aromatic carbocycles. The summed E-state index contributed by atoms with van der Waals surface area (Å²) in [6, 6.07) is 3.49. The van der Waals surface area contributed by atoms with E-state index in [4.69, 9.17) is 18.9 Å². The Morgan fingerprint density at radius 3 is 2.00 bits per heavy atom. The summed E-state index contributed by atoms with van der Waals surface area (Å²) in [5, 5.41) is 10.5. The van der Waals surface area contributed by atoms with Crippen molar-refractivity contribution in [1.29, 1.82) is 0 Å². The summed E-state index contributed by atoms with van der Waals surface area (Å²) in [5.41, 5.74) is -0.724. The molecule has 0 heterocycles. The zero-order valence-electron chi connectivity index (χ0n) is 13.0. The fourth-order valence-corrected chi connectivity index (χ4v) is 2.71. The maximum atomic E-state index is 10.5. The summed E-state index contributed by atoms with van der Waals surface area (Å²) in [5.74, 6) is 2.22. The first-order valence-electron chi connectivity index (χ1n) is 7.27. The molecule has 0 unspecified atom stereocenters. The third-order valence-electron chi connectivity index (χ3n) is 3.93. The van der Waals surface area contributed by atoms with E-state index >= 15 is 0 Å². The topological polar surface area (TPSA) is 57.2 Å². The van der Waals surface area contributed by atoms with E-state index in [1.54, 1.807) is 33.5 Å². The van der Waals surface area contributed by atoms with Crippen LogP contribution in [0.4, 0.5) is 0 Å². The Kier molecular flexibility index (Phi) is 5.17. The molecule has 0 atom stereocenters. The molecule has 0 radical (unpaired) electrons. The number of rotatable bonds is 6. The van der Waals surface area contributed by atoms with Crippen LogP contribution in [0.1, 0.15) is 32.1 Å². The molecule has 21 heavy (non-hydrogen) atoms. The summed E-state index contributed by atoms with van der Waals surface area (Å²) in [6.07, 6.45) is 4.87. The lowest BCUT2D eigenvalue weighted by atomic mass is 9.85. The Labute approximate surface area is 125 Å². The lowest BCUT2D eigenvalue weighted by Crippen LogP contribution is -2.37. The summed E-state index contributed by atoms with van der Waals surface area (Å²) in [4.78, 5) is 0. The number of benzene rings is 1. The molecule has 118 valence electrons. The van der Waals surface area contributed by atoms with Gasteiger partial charge in [0.05, 0.1) is 26.9 Å². The molecule has 1 aliphatic carbocycles. The van der Waals surface area contributed by atoms with Crippen LogP contribution in [0.3, 0.4) is 0 Å². The van der Waals surface area contributed by atoms with Crippen LogP contribution in [0.15, 0.2) is 12.1 Å². The average molecular weight is 296 g/mol. The minimum atomic E-state index is -0.724. The van der Waals surface area contributed by atoms with Crippen molar-refractivity contribution in [1.82, 2.24) is 0 Å². The smallest absolute Gasteiger partial charge is 0.203 e. The molecule has 2 rings (SSSR count). The van der Waals surface area contributed by atoms with Crippen molar-refractivity contribution in [3.05, 3.63) is 12.1 Å². The predicted octanol–water partition coefficient (Wildman–Crippen LogP) is 2.79. The third-order valence-corrected chi connectivity index (χ3v) is 3.93. The van der Waals surface area contributed by atoms with E-state index in [-0.39, 0.29) is 6.61 Å². The number of aliphatic hydroxyl groups is 1. The third kappa shape index (κ3) is 3.73. The van der Waals surface area contributed by atoms with E-state index in [1.807, 2.05) is 0 Å². The van der Waals surface area contributed by atoms with Gasteiger partial charge in [-0.25, -0.2) is 0 Å². The SMILES string of the molecule is COc1cc(OCC2(O)CCCCC2)cc(OC)c1OC. The first-order chi connectivity index (χ1) is 10.1. The van der Waals surface area contributed by atoms with Crippen LogP contribution in [0, 0.1) is 0 Å². The second kappa shape index (κ2) is 6.89. The van der Waals surface area contributed by atoms with Crippen LogP contribution in [0.5, 0.6) is 23.0 Å². The van der Waals surface area contributed by atoms with Gasteiger partial charge in [-0.3, -0.25) is 0 Å². The highest BCUT2D eigenvalue weighted by Gasteiger charge is 2.30. The minimum absolute atomic E-state index is 0.283. The van der Waals surface area contributed by atoms with Crippen LogP contribution in [-0.4, -0.2) is 38.6 Å². The molecule has 0 bridgehead atoms. The minimum Gasteiger partial charge on any atom is -0.493 e. The molecule has 1 N–H and O–H groups in total. The van der Waals surface area contributed by atoms with Crippen molar-refractivity contribution < 1.29 is 24.1 Å². The normalized spacial score (nSPS) is 17.1. The fraction of sp³-hybridized carbons (Fsp3) is 0.625. The molecule has 1 aliphatic rings. The summed E-state index contributed by atoms with van der Waals surface area (Å²) in [7, 11) is 4.69. The second-order valence-electron chi connectivity index (χ2n) is 5.43. The van der Waals surface area contributed by atoms with Crippen LogP contribution < -0.4 is 18.9 Å². The number of hydrogen-bond donors (Lipinski definition) is 1. The van der Waals surface area contributed by atoms with Crippen LogP contribution >= 0.6 is 0 Å². The van der Waals surface area contributed by atoms with Gasteiger partial charge in [0.15, 0.2) is 11.5 Å². The van der Waals surface area contributed by atoms with E-state index < -0.39 is 5.60 Å². The first-order valence-corrected chi connectivity index (χ1v) is 7.27. The van der Waals surface area contributed by atoms with E-state index in [0.29, 0.717) is 23.0 Å². The van der Waals surface area contributed by atoms with Gasteiger partial charge < -0.3 is 24.1 Å². The number of ether oxygens (including phenoxy) is 4. The lowest BCUT2D eigenvalue weighted by Gasteiger charge is -2.31. The Hall–Kier alpha value is -1.62. The highest BCUT2D eigenvalue weighted by molar-refractivity contribution is 5.55. The maximum Gasteiger partial charge on any atom is 0.203 e. The monoisotopic (exact) mass is 296 g/mol. The molecule has 1 aromatic rings. The zero-order chi connectivity index (χ0) is 15.3. The molecule has 0 amide bonds. The van der Waals surface area contributed by atoms with Gasteiger partial charge in [0, 0.05) is 12.1 Å². The van der Waals surface area contributed by atoms with Crippen molar-refractivity contribution in [2.45, 2.75) is 37.7 Å². The van der Waals surface area contributed by atoms with Gasteiger partial charge in [0.25, 0.3) is 0 Å². The van der Waals surface area contributed by atoms with Crippen molar-refractivity contribution >= 4 is 0 Å². The summed E-state index contributed by atoms with van der Waals surface area (Å²) >= 11 is 0. The van der Waals surface area contributed by atoms with Gasteiger partial charge in [-0.1, -0.05) is 19.3 Å². The molecule has 0 saturated heterocycles. The summed E-state index contributed by atoms with van der Waals surface area (Å²) < 4.78 is 21.6. The largest absolute Gasteiger partial charge is 0.493 e. The van der Waals surface area contributed by atoms with Crippen molar-refractivity contribution in [3.8, 4) is 23.0 Å². The van der Waals surface area contributed by atoms with E-state index in [9.17, 15) is 5.11 Å². The Bertz CT molecular complexity index is 441. The van der Waals surface area contributed by atoms with Gasteiger partial charge in [-0.05, 0) is 12.8 Å². The number of methoxy groups -OCH3 is 3. The highest BCUT2D eigenvalue weighted by atomic mass is 16.5. The van der Waals surface area contributed by atoms with E-state index in [2.05, 4.69) is 0 Å². The van der Waals surface area contributed by atoms with Crippen LogP contribution in [0.25, 0.3) is 0 Å². The number of hydrogen-bond acceptors (Lipinski definition) is 5. The first kappa shape index (κ1) is 15.8. The fourth-order valence-electron chi connectivity index (χ4n) is 2.71. The Balaban J connectivity index is 2.12. The molecular weight excluding hydrogens is 272 g/mol. The predicted molar refractivity (Wildman–Crippen MR) is 79.6 cm³/mol. The van der Waals surface area contributed by atoms with Crippen LogP contribution in [0.2, 0.25) is 0 Å². The standard InChI is InChI=1S/C16H24O5/c1-18-13-9-12(10-14(19-2)15(13)20-3)21-11-16(17)7-5-4-6-8-16/h9-10,17H,4-8,11H2,1-3H3. The van der Waals surface area contributed by atoms with Gasteiger partial charge in [-0.15, -0.1) is 0 Å². The average Bonchev–Trinajstić information content (AvgIpc) is 2.52. The lowest BCUT2D eigenvalue weighted by molar-refractivity contribution is -0.0339. The van der Waals surface area contributed by atoms with Crippen molar-refractivity contribution in [2.24, 2.45) is 0 Å². The molecule has 1 fully saturated rings. The molecule has 1 saturated carbocycles. The van der Waals surface area contributed by atoms with Crippen molar-refractivity contribution in [3.63, 3.8) is 0 Å². The van der Waals surface area contributed by atoms with Gasteiger partial charge in [-0.2, -0.15) is 0 Å². The summed E-state index contributed by atoms with van der Waals surface area (Å²) in [6.45, 7) is 0.283. The van der Waals surface area contributed by atoms with E-state index in [0.717, 1.165) is 25.7 Å². The Morgan fingerprint density at radius 2 is 1.52 bits per heavy atom. The highest BCUT2D eigenvalue weighted by Crippen LogP contribution is 2.41. The van der Waals surface area contributed by atoms with Crippen molar-refractivity contribution in [2.75, 3.05) is 27.9 Å². The zero-order valence-corrected chi connectivity index (χ0v) is 13.0. The molecule has 0 aliphatic heterocycles.